The molecule has 0 radical (unpaired) electrons. The number of hydrogen-bond acceptors (Lipinski definition) is 10. The third-order valence-corrected chi connectivity index (χ3v) is 10.2. The monoisotopic (exact) mass is 757 g/mol. The number of ether oxygens (including phenoxy) is 4. The van der Waals surface area contributed by atoms with Crippen LogP contribution in [0, 0.1) is 0 Å². The minimum atomic E-state index is -1.59. The molecule has 1 fully saturated rings. The molecular formula is C43H80O10. The molecule has 312 valence electrons. The standard InChI is InChI=1S/C43H80O10/c1-3-5-7-9-11-13-15-16-17-18-19-20-22-24-26-28-30-32-39(46)52-36(35-51-43-42(49)41(48)40(47)37(33-44)53-43)34-50-38(45)31-29-27-25-23-21-14-12-10-8-6-4-2/h16-17,36-37,40-44,47-49H,3-15,18-35H2,1-2H3/b17-16-. The molecule has 53 heavy (non-hydrogen) atoms. The molecule has 0 spiro atoms. The molecule has 0 aromatic heterocycles. The summed E-state index contributed by atoms with van der Waals surface area (Å²) in [6, 6.07) is 0. The zero-order valence-corrected chi connectivity index (χ0v) is 33.8. The fraction of sp³-hybridized carbons (Fsp3) is 0.907. The number of carbonyl (C=O) groups excluding carboxylic acids is 2. The van der Waals surface area contributed by atoms with Gasteiger partial charge in [-0.05, 0) is 38.5 Å². The van der Waals surface area contributed by atoms with E-state index < -0.39 is 49.4 Å². The molecule has 0 aliphatic carbocycles. The van der Waals surface area contributed by atoms with Crippen molar-refractivity contribution in [2.75, 3.05) is 19.8 Å². The Morgan fingerprint density at radius 3 is 1.47 bits per heavy atom. The van der Waals surface area contributed by atoms with Crippen LogP contribution < -0.4 is 0 Å². The lowest BCUT2D eigenvalue weighted by atomic mass is 9.99. The van der Waals surface area contributed by atoms with E-state index in [1.165, 1.54) is 116 Å². The lowest BCUT2D eigenvalue weighted by Crippen LogP contribution is -2.59. The predicted octanol–water partition coefficient (Wildman–Crippen LogP) is 8.78. The number of aliphatic hydroxyl groups is 4. The van der Waals surface area contributed by atoms with E-state index in [1.54, 1.807) is 0 Å². The van der Waals surface area contributed by atoms with Crippen LogP contribution in [0.3, 0.4) is 0 Å². The number of unbranched alkanes of at least 4 members (excludes halogenated alkanes) is 23. The van der Waals surface area contributed by atoms with E-state index in [-0.39, 0.29) is 32.0 Å². The topological polar surface area (TPSA) is 152 Å². The number of carbonyl (C=O) groups is 2. The van der Waals surface area contributed by atoms with E-state index in [9.17, 15) is 30.0 Å². The summed E-state index contributed by atoms with van der Waals surface area (Å²) in [7, 11) is 0. The summed E-state index contributed by atoms with van der Waals surface area (Å²) >= 11 is 0. The largest absolute Gasteiger partial charge is 0.462 e. The van der Waals surface area contributed by atoms with E-state index in [2.05, 4.69) is 26.0 Å². The SMILES string of the molecule is CCCCCCCC/C=C\CCCCCCCCCC(=O)OC(COC(=O)CCCCCCCCCCCCC)COC1OC(CO)C(O)C(O)C1O. The average molecular weight is 757 g/mol. The van der Waals surface area contributed by atoms with Crippen LogP contribution in [0.4, 0.5) is 0 Å². The Labute approximate surface area is 322 Å². The smallest absolute Gasteiger partial charge is 0.306 e. The Morgan fingerprint density at radius 1 is 0.566 bits per heavy atom. The van der Waals surface area contributed by atoms with Crippen LogP contribution in [-0.4, -0.2) is 89.0 Å². The van der Waals surface area contributed by atoms with Crippen molar-refractivity contribution in [1.82, 2.24) is 0 Å². The normalized spacial score (nSPS) is 20.9. The summed E-state index contributed by atoms with van der Waals surface area (Å²) in [5.41, 5.74) is 0. The first kappa shape index (κ1) is 49.5. The van der Waals surface area contributed by atoms with Crippen molar-refractivity contribution in [3.63, 3.8) is 0 Å². The van der Waals surface area contributed by atoms with Crippen molar-refractivity contribution < 1.29 is 49.0 Å². The van der Waals surface area contributed by atoms with Crippen molar-refractivity contribution >= 4 is 11.9 Å². The Morgan fingerprint density at radius 2 is 1.00 bits per heavy atom. The lowest BCUT2D eigenvalue weighted by molar-refractivity contribution is -0.305. The lowest BCUT2D eigenvalue weighted by Gasteiger charge is -2.39. The predicted molar refractivity (Wildman–Crippen MR) is 210 cm³/mol. The van der Waals surface area contributed by atoms with Crippen molar-refractivity contribution in [1.29, 1.82) is 0 Å². The highest BCUT2D eigenvalue weighted by atomic mass is 16.7. The zero-order chi connectivity index (χ0) is 38.8. The van der Waals surface area contributed by atoms with Gasteiger partial charge in [0.1, 0.15) is 31.0 Å². The van der Waals surface area contributed by atoms with Crippen molar-refractivity contribution in [2.45, 2.75) is 230 Å². The number of aliphatic hydroxyl groups excluding tert-OH is 4. The van der Waals surface area contributed by atoms with Gasteiger partial charge in [0.2, 0.25) is 0 Å². The number of hydrogen-bond donors (Lipinski definition) is 4. The number of allylic oxidation sites excluding steroid dienone is 2. The van der Waals surface area contributed by atoms with Gasteiger partial charge in [-0.1, -0.05) is 154 Å². The van der Waals surface area contributed by atoms with Gasteiger partial charge in [0.05, 0.1) is 13.2 Å². The third-order valence-electron chi connectivity index (χ3n) is 10.2. The molecule has 0 amide bonds. The van der Waals surface area contributed by atoms with Crippen molar-refractivity contribution in [3.05, 3.63) is 12.2 Å². The van der Waals surface area contributed by atoms with Crippen LogP contribution in [0.5, 0.6) is 0 Å². The minimum absolute atomic E-state index is 0.214. The summed E-state index contributed by atoms with van der Waals surface area (Å²) < 4.78 is 22.1. The summed E-state index contributed by atoms with van der Waals surface area (Å²) in [6.07, 6.45) is 27.9. The summed E-state index contributed by atoms with van der Waals surface area (Å²) in [4.78, 5) is 25.2. The van der Waals surface area contributed by atoms with E-state index >= 15 is 0 Å². The van der Waals surface area contributed by atoms with Crippen LogP contribution in [-0.2, 0) is 28.5 Å². The quantitative estimate of drug-likeness (QED) is 0.0277. The first-order valence-electron chi connectivity index (χ1n) is 21.8. The maximum atomic E-state index is 12.7. The molecule has 0 saturated carbocycles. The highest BCUT2D eigenvalue weighted by molar-refractivity contribution is 5.70. The summed E-state index contributed by atoms with van der Waals surface area (Å²) in [5, 5.41) is 40.0. The molecule has 4 N–H and O–H groups in total. The molecule has 6 unspecified atom stereocenters. The Kier molecular flexibility index (Phi) is 32.6. The second-order valence-electron chi connectivity index (χ2n) is 15.2. The van der Waals surface area contributed by atoms with Gasteiger partial charge in [0, 0.05) is 12.8 Å². The highest BCUT2D eigenvalue weighted by Gasteiger charge is 2.44. The highest BCUT2D eigenvalue weighted by Crippen LogP contribution is 2.23. The minimum Gasteiger partial charge on any atom is -0.462 e. The van der Waals surface area contributed by atoms with Gasteiger partial charge >= 0.3 is 11.9 Å². The van der Waals surface area contributed by atoms with E-state index in [0.717, 1.165) is 44.9 Å². The Hall–Kier alpha value is -1.56. The fourth-order valence-electron chi connectivity index (χ4n) is 6.65. The molecule has 1 heterocycles. The molecule has 0 aromatic rings. The van der Waals surface area contributed by atoms with Gasteiger partial charge in [-0.2, -0.15) is 0 Å². The second kappa shape index (κ2) is 34.9. The Bertz CT molecular complexity index is 881. The van der Waals surface area contributed by atoms with E-state index in [1.807, 2.05) is 0 Å². The van der Waals surface area contributed by atoms with E-state index in [0.29, 0.717) is 6.42 Å². The van der Waals surface area contributed by atoms with Crippen molar-refractivity contribution in [3.8, 4) is 0 Å². The molecular weight excluding hydrogens is 676 g/mol. The molecule has 10 heteroatoms. The zero-order valence-electron chi connectivity index (χ0n) is 33.8. The first-order valence-corrected chi connectivity index (χ1v) is 21.8. The van der Waals surface area contributed by atoms with Crippen molar-refractivity contribution in [2.24, 2.45) is 0 Å². The molecule has 1 aliphatic heterocycles. The molecule has 1 saturated heterocycles. The second-order valence-corrected chi connectivity index (χ2v) is 15.2. The first-order chi connectivity index (χ1) is 25.8. The molecule has 1 rings (SSSR count). The van der Waals surface area contributed by atoms with Gasteiger partial charge in [-0.15, -0.1) is 0 Å². The van der Waals surface area contributed by atoms with Gasteiger partial charge < -0.3 is 39.4 Å². The third kappa shape index (κ3) is 26.8. The Balaban J connectivity index is 2.33. The molecule has 10 nitrogen and oxygen atoms in total. The van der Waals surface area contributed by atoms with Crippen LogP contribution in [0.25, 0.3) is 0 Å². The fourth-order valence-corrected chi connectivity index (χ4v) is 6.65. The average Bonchev–Trinajstić information content (AvgIpc) is 3.15. The van der Waals surface area contributed by atoms with Gasteiger partial charge in [-0.3, -0.25) is 9.59 Å². The van der Waals surface area contributed by atoms with Gasteiger partial charge in [0.25, 0.3) is 0 Å². The van der Waals surface area contributed by atoms with E-state index in [4.69, 9.17) is 18.9 Å². The van der Waals surface area contributed by atoms with Crippen LogP contribution >= 0.6 is 0 Å². The molecule has 1 aliphatic rings. The van der Waals surface area contributed by atoms with Crippen LogP contribution in [0.1, 0.15) is 194 Å². The van der Waals surface area contributed by atoms with Crippen LogP contribution in [0.15, 0.2) is 12.2 Å². The summed E-state index contributed by atoms with van der Waals surface area (Å²) in [6.45, 7) is 3.41. The van der Waals surface area contributed by atoms with Gasteiger partial charge in [0.15, 0.2) is 12.4 Å². The summed E-state index contributed by atoms with van der Waals surface area (Å²) in [5.74, 6) is -0.805. The number of esters is 2. The molecule has 0 bridgehead atoms. The van der Waals surface area contributed by atoms with Gasteiger partial charge in [-0.25, -0.2) is 0 Å². The number of rotatable bonds is 36. The van der Waals surface area contributed by atoms with Crippen LogP contribution in [0.2, 0.25) is 0 Å². The molecule has 6 atom stereocenters. The maximum Gasteiger partial charge on any atom is 0.306 e. The maximum absolute atomic E-state index is 12.7. The molecule has 0 aromatic carbocycles.